The van der Waals surface area contributed by atoms with E-state index in [1.165, 1.54) is 15.4 Å². The van der Waals surface area contributed by atoms with Gasteiger partial charge in [0.1, 0.15) is 0 Å². The molecule has 0 heterocycles. The van der Waals surface area contributed by atoms with Gasteiger partial charge in [-0.15, -0.1) is 23.5 Å². The van der Waals surface area contributed by atoms with Crippen LogP contribution in [0.1, 0.15) is 11.1 Å². The number of aliphatic hydroxyl groups excluding tert-OH is 1. The zero-order chi connectivity index (χ0) is 9.84. The molecule has 0 atom stereocenters. The zero-order valence-corrected chi connectivity index (χ0v) is 9.76. The quantitative estimate of drug-likeness (QED) is 0.781. The Balaban J connectivity index is 3.18. The van der Waals surface area contributed by atoms with Crippen molar-refractivity contribution in [2.45, 2.75) is 23.3 Å². The molecular formula is C10H14OS2. The van der Waals surface area contributed by atoms with Gasteiger partial charge in [-0.2, -0.15) is 0 Å². The van der Waals surface area contributed by atoms with Gasteiger partial charge in [-0.1, -0.05) is 0 Å². The molecule has 0 fully saturated rings. The summed E-state index contributed by atoms with van der Waals surface area (Å²) in [5, 5.41) is 9.14. The minimum atomic E-state index is 0.129. The molecule has 0 aliphatic carbocycles. The molecule has 1 N–H and O–H groups in total. The van der Waals surface area contributed by atoms with E-state index < -0.39 is 0 Å². The molecule has 0 amide bonds. The van der Waals surface area contributed by atoms with Gasteiger partial charge >= 0.3 is 0 Å². The summed E-state index contributed by atoms with van der Waals surface area (Å²) in [6, 6.07) is 4.22. The van der Waals surface area contributed by atoms with Crippen LogP contribution < -0.4 is 0 Å². The monoisotopic (exact) mass is 214 g/mol. The molecule has 0 saturated carbocycles. The lowest BCUT2D eigenvalue weighted by atomic mass is 10.1. The first kappa shape index (κ1) is 11.0. The van der Waals surface area contributed by atoms with Crippen molar-refractivity contribution in [3.63, 3.8) is 0 Å². The minimum Gasteiger partial charge on any atom is -0.392 e. The topological polar surface area (TPSA) is 20.2 Å². The van der Waals surface area contributed by atoms with Crippen LogP contribution >= 0.6 is 23.5 Å². The highest BCUT2D eigenvalue weighted by atomic mass is 32.2. The zero-order valence-electron chi connectivity index (χ0n) is 8.13. The van der Waals surface area contributed by atoms with Crippen molar-refractivity contribution in [3.05, 3.63) is 23.3 Å². The summed E-state index contributed by atoms with van der Waals surface area (Å²) in [5.74, 6) is 0. The standard InChI is InChI=1S/C10H14OS2/c1-7-4-10(13-3)8(6-11)5-9(7)12-2/h4-5,11H,6H2,1-3H3. The number of rotatable bonds is 3. The van der Waals surface area contributed by atoms with Gasteiger partial charge in [-0.3, -0.25) is 0 Å². The van der Waals surface area contributed by atoms with Gasteiger partial charge in [0, 0.05) is 9.79 Å². The molecule has 0 aliphatic heterocycles. The molecule has 1 nitrogen and oxygen atoms in total. The third kappa shape index (κ3) is 2.42. The smallest absolute Gasteiger partial charge is 0.0693 e. The van der Waals surface area contributed by atoms with Crippen LogP contribution in [-0.4, -0.2) is 17.6 Å². The molecule has 0 radical (unpaired) electrons. The highest BCUT2D eigenvalue weighted by molar-refractivity contribution is 7.99. The Labute approximate surface area is 87.9 Å². The Morgan fingerprint density at radius 3 is 2.23 bits per heavy atom. The molecule has 1 rings (SSSR count). The highest BCUT2D eigenvalue weighted by Crippen LogP contribution is 2.28. The Hall–Kier alpha value is -0.120. The summed E-state index contributed by atoms with van der Waals surface area (Å²) in [7, 11) is 0. The van der Waals surface area contributed by atoms with E-state index >= 15 is 0 Å². The fourth-order valence-electron chi connectivity index (χ4n) is 1.24. The second-order valence-electron chi connectivity index (χ2n) is 2.79. The number of benzene rings is 1. The van der Waals surface area contributed by atoms with Crippen molar-refractivity contribution in [1.82, 2.24) is 0 Å². The van der Waals surface area contributed by atoms with E-state index in [9.17, 15) is 0 Å². The first-order valence-electron chi connectivity index (χ1n) is 4.05. The first-order chi connectivity index (χ1) is 6.22. The molecular weight excluding hydrogens is 200 g/mol. The minimum absolute atomic E-state index is 0.129. The third-order valence-electron chi connectivity index (χ3n) is 1.97. The molecule has 13 heavy (non-hydrogen) atoms. The van der Waals surface area contributed by atoms with Gasteiger partial charge < -0.3 is 5.11 Å². The van der Waals surface area contributed by atoms with Crippen molar-refractivity contribution in [3.8, 4) is 0 Å². The number of thioether (sulfide) groups is 2. The number of aryl methyl sites for hydroxylation is 1. The maximum Gasteiger partial charge on any atom is 0.0693 e. The van der Waals surface area contributed by atoms with E-state index in [4.69, 9.17) is 5.11 Å². The summed E-state index contributed by atoms with van der Waals surface area (Å²) in [5.41, 5.74) is 2.32. The maximum atomic E-state index is 9.14. The Kier molecular flexibility index (Phi) is 4.16. The summed E-state index contributed by atoms with van der Waals surface area (Å²) < 4.78 is 0. The van der Waals surface area contributed by atoms with Crippen LogP contribution in [0, 0.1) is 6.92 Å². The molecule has 0 aliphatic rings. The van der Waals surface area contributed by atoms with Gasteiger partial charge in [-0.25, -0.2) is 0 Å². The van der Waals surface area contributed by atoms with Crippen molar-refractivity contribution in [2.75, 3.05) is 12.5 Å². The SMILES string of the molecule is CSc1cc(CO)c(SC)cc1C. The lowest BCUT2D eigenvalue weighted by molar-refractivity contribution is 0.278. The van der Waals surface area contributed by atoms with Gasteiger partial charge in [0.05, 0.1) is 6.61 Å². The van der Waals surface area contributed by atoms with E-state index in [1.54, 1.807) is 23.5 Å². The fourth-order valence-corrected chi connectivity index (χ4v) is 2.56. The van der Waals surface area contributed by atoms with Crippen LogP contribution in [-0.2, 0) is 6.61 Å². The molecule has 72 valence electrons. The molecule has 0 saturated heterocycles. The molecule has 1 aromatic carbocycles. The van der Waals surface area contributed by atoms with Crippen molar-refractivity contribution >= 4 is 23.5 Å². The Morgan fingerprint density at radius 1 is 1.15 bits per heavy atom. The first-order valence-corrected chi connectivity index (χ1v) is 6.50. The van der Waals surface area contributed by atoms with Gasteiger partial charge in [0.15, 0.2) is 0 Å². The van der Waals surface area contributed by atoms with Gasteiger partial charge in [-0.05, 0) is 42.7 Å². The average Bonchev–Trinajstić information content (AvgIpc) is 2.17. The Bertz CT molecular complexity index is 297. The molecule has 0 bridgehead atoms. The third-order valence-corrected chi connectivity index (χ3v) is 3.67. The lowest BCUT2D eigenvalue weighted by Gasteiger charge is -2.09. The Morgan fingerprint density at radius 2 is 1.77 bits per heavy atom. The van der Waals surface area contributed by atoms with Gasteiger partial charge in [0.25, 0.3) is 0 Å². The maximum absolute atomic E-state index is 9.14. The molecule has 3 heteroatoms. The van der Waals surface area contributed by atoms with Crippen LogP contribution in [0.15, 0.2) is 21.9 Å². The number of hydrogen-bond acceptors (Lipinski definition) is 3. The largest absolute Gasteiger partial charge is 0.392 e. The lowest BCUT2D eigenvalue weighted by Crippen LogP contribution is -1.90. The van der Waals surface area contributed by atoms with Crippen LogP contribution in [0.4, 0.5) is 0 Å². The van der Waals surface area contributed by atoms with Crippen LogP contribution in [0.3, 0.4) is 0 Å². The fraction of sp³-hybridized carbons (Fsp3) is 0.400. The predicted octanol–water partition coefficient (Wildman–Crippen LogP) is 2.93. The molecule has 0 unspecified atom stereocenters. The van der Waals surface area contributed by atoms with Crippen LogP contribution in [0.2, 0.25) is 0 Å². The van der Waals surface area contributed by atoms with E-state index in [2.05, 4.69) is 25.3 Å². The molecule has 0 spiro atoms. The van der Waals surface area contributed by atoms with Crippen molar-refractivity contribution < 1.29 is 5.11 Å². The van der Waals surface area contributed by atoms with Crippen LogP contribution in [0.5, 0.6) is 0 Å². The van der Waals surface area contributed by atoms with E-state index in [1.807, 2.05) is 6.26 Å². The van der Waals surface area contributed by atoms with E-state index in [0.29, 0.717) is 0 Å². The second kappa shape index (κ2) is 4.94. The second-order valence-corrected chi connectivity index (χ2v) is 4.49. The number of hydrogen-bond donors (Lipinski definition) is 1. The average molecular weight is 214 g/mol. The van der Waals surface area contributed by atoms with Crippen molar-refractivity contribution in [2.24, 2.45) is 0 Å². The number of aliphatic hydroxyl groups is 1. The summed E-state index contributed by atoms with van der Waals surface area (Å²) in [4.78, 5) is 2.43. The van der Waals surface area contributed by atoms with E-state index in [-0.39, 0.29) is 6.61 Å². The van der Waals surface area contributed by atoms with E-state index in [0.717, 1.165) is 5.56 Å². The summed E-state index contributed by atoms with van der Waals surface area (Å²) >= 11 is 3.41. The predicted molar refractivity (Wildman–Crippen MR) is 60.7 cm³/mol. The van der Waals surface area contributed by atoms with Crippen molar-refractivity contribution in [1.29, 1.82) is 0 Å². The molecule has 1 aromatic rings. The highest BCUT2D eigenvalue weighted by Gasteiger charge is 2.04. The normalized spacial score (nSPS) is 10.5. The van der Waals surface area contributed by atoms with Gasteiger partial charge in [0.2, 0.25) is 0 Å². The summed E-state index contributed by atoms with van der Waals surface area (Å²) in [6.07, 6.45) is 4.09. The summed E-state index contributed by atoms with van der Waals surface area (Å²) in [6.45, 7) is 2.23. The van der Waals surface area contributed by atoms with Crippen LogP contribution in [0.25, 0.3) is 0 Å². The molecule has 0 aromatic heterocycles.